The number of aryl methyl sites for hydroxylation is 1. The Hall–Kier alpha value is -6.90. The number of rotatable bonds is 9. The molecule has 56 heavy (non-hydrogen) atoms. The molecule has 0 heterocycles. The first-order valence-corrected chi connectivity index (χ1v) is 19.4. The highest BCUT2D eigenvalue weighted by Crippen LogP contribution is 2.51. The molecule has 0 amide bonds. The van der Waals surface area contributed by atoms with Gasteiger partial charge >= 0.3 is 0 Å². The Bertz CT molecular complexity index is 2580. The third kappa shape index (κ3) is 6.71. The first kappa shape index (κ1) is 34.8. The lowest BCUT2D eigenvalue weighted by molar-refractivity contribution is 0.660. The van der Waals surface area contributed by atoms with Crippen molar-refractivity contribution in [2.45, 2.75) is 26.2 Å². The number of hydrogen-bond acceptors (Lipinski definition) is 2. The van der Waals surface area contributed by atoms with Gasteiger partial charge in [-0.2, -0.15) is 0 Å². The molecule has 0 radical (unpaired) electrons. The number of anilines is 6. The van der Waals surface area contributed by atoms with Crippen LogP contribution >= 0.6 is 0 Å². The number of benzene rings is 8. The highest BCUT2D eigenvalue weighted by molar-refractivity contribution is 5.87. The standard InChI is InChI=1S/C54H44N2/c1-39-19-28-46(29-20-39)55(48-32-26-43(27-33-48)42-13-7-4-8-14-42)47-30-23-40(24-31-47)21-22-41-25-35-50-51-36-34-49(38-53(51)54(2,3)52(50)37-41)56(44-15-9-5-10-16-44)45-17-11-6-12-18-45/h4-38H,1-3H3. The summed E-state index contributed by atoms with van der Waals surface area (Å²) in [5, 5.41) is 0. The van der Waals surface area contributed by atoms with Gasteiger partial charge in [0.15, 0.2) is 0 Å². The fraction of sp³-hybridized carbons (Fsp3) is 0.0741. The van der Waals surface area contributed by atoms with Gasteiger partial charge in [-0.15, -0.1) is 0 Å². The highest BCUT2D eigenvalue weighted by atomic mass is 15.1. The van der Waals surface area contributed by atoms with Crippen LogP contribution in [0.3, 0.4) is 0 Å². The van der Waals surface area contributed by atoms with Crippen molar-refractivity contribution in [3.63, 3.8) is 0 Å². The van der Waals surface area contributed by atoms with E-state index in [1.807, 2.05) is 0 Å². The summed E-state index contributed by atoms with van der Waals surface area (Å²) >= 11 is 0. The molecule has 0 spiro atoms. The fourth-order valence-electron chi connectivity index (χ4n) is 8.09. The van der Waals surface area contributed by atoms with E-state index in [1.54, 1.807) is 0 Å². The summed E-state index contributed by atoms with van der Waals surface area (Å²) in [5.74, 6) is 0. The van der Waals surface area contributed by atoms with Crippen LogP contribution in [0.4, 0.5) is 34.1 Å². The summed E-state index contributed by atoms with van der Waals surface area (Å²) in [6.45, 7) is 6.85. The summed E-state index contributed by atoms with van der Waals surface area (Å²) in [7, 11) is 0. The molecule has 0 fully saturated rings. The molecule has 1 aliphatic rings. The number of nitrogens with zero attached hydrogens (tertiary/aromatic N) is 2. The van der Waals surface area contributed by atoms with Gasteiger partial charge in [-0.1, -0.05) is 159 Å². The highest BCUT2D eigenvalue weighted by Gasteiger charge is 2.36. The van der Waals surface area contributed by atoms with Gasteiger partial charge in [0.25, 0.3) is 0 Å². The largest absolute Gasteiger partial charge is 0.311 e. The summed E-state index contributed by atoms with van der Waals surface area (Å²) in [6.07, 6.45) is 4.47. The van der Waals surface area contributed by atoms with Crippen LogP contribution in [0, 0.1) is 6.92 Å². The average Bonchev–Trinajstić information content (AvgIpc) is 3.47. The fourth-order valence-corrected chi connectivity index (χ4v) is 8.09. The minimum atomic E-state index is -0.149. The Morgan fingerprint density at radius 2 is 0.750 bits per heavy atom. The molecular weight excluding hydrogens is 677 g/mol. The lowest BCUT2D eigenvalue weighted by atomic mass is 9.81. The first-order valence-electron chi connectivity index (χ1n) is 19.4. The Kier molecular flexibility index (Phi) is 9.17. The van der Waals surface area contributed by atoms with Crippen LogP contribution < -0.4 is 9.80 Å². The number of hydrogen-bond donors (Lipinski definition) is 0. The molecule has 0 aliphatic heterocycles. The monoisotopic (exact) mass is 720 g/mol. The second kappa shape index (κ2) is 14.7. The van der Waals surface area contributed by atoms with E-state index in [0.29, 0.717) is 0 Å². The van der Waals surface area contributed by atoms with Crippen molar-refractivity contribution in [1.29, 1.82) is 0 Å². The summed E-state index contributed by atoms with van der Waals surface area (Å²) in [5.41, 5.74) is 18.1. The zero-order valence-corrected chi connectivity index (χ0v) is 32.1. The van der Waals surface area contributed by atoms with Crippen molar-refractivity contribution in [3.05, 3.63) is 228 Å². The molecule has 0 atom stereocenters. The van der Waals surface area contributed by atoms with Crippen LogP contribution in [0.2, 0.25) is 0 Å². The minimum Gasteiger partial charge on any atom is -0.311 e. The molecule has 8 aromatic rings. The minimum absolute atomic E-state index is 0.149. The maximum absolute atomic E-state index is 2.39. The SMILES string of the molecule is Cc1ccc(N(c2ccc(C=Cc3ccc4c(c3)C(C)(C)c3cc(N(c5ccccc5)c5ccccc5)ccc3-4)cc2)c2ccc(-c3ccccc3)cc2)cc1. The number of para-hydroxylation sites is 2. The Morgan fingerprint density at radius 3 is 1.34 bits per heavy atom. The Balaban J connectivity index is 0.981. The van der Waals surface area contributed by atoms with Crippen molar-refractivity contribution in [2.24, 2.45) is 0 Å². The second-order valence-electron chi connectivity index (χ2n) is 15.2. The molecule has 0 saturated carbocycles. The lowest BCUT2D eigenvalue weighted by Crippen LogP contribution is -2.16. The van der Waals surface area contributed by atoms with E-state index in [4.69, 9.17) is 0 Å². The van der Waals surface area contributed by atoms with Gasteiger partial charge in [-0.25, -0.2) is 0 Å². The van der Waals surface area contributed by atoms with Crippen molar-refractivity contribution in [3.8, 4) is 22.3 Å². The van der Waals surface area contributed by atoms with E-state index < -0.39 is 0 Å². The van der Waals surface area contributed by atoms with Gasteiger partial charge in [0.2, 0.25) is 0 Å². The molecule has 0 bridgehead atoms. The molecule has 0 unspecified atom stereocenters. The molecule has 8 aromatic carbocycles. The van der Waals surface area contributed by atoms with Gasteiger partial charge in [-0.3, -0.25) is 0 Å². The normalized spacial score (nSPS) is 12.6. The Labute approximate surface area is 331 Å². The van der Waals surface area contributed by atoms with Gasteiger partial charge in [0.1, 0.15) is 0 Å². The molecule has 0 aromatic heterocycles. The zero-order valence-electron chi connectivity index (χ0n) is 32.1. The Morgan fingerprint density at radius 1 is 0.357 bits per heavy atom. The maximum Gasteiger partial charge on any atom is 0.0465 e. The van der Waals surface area contributed by atoms with Crippen molar-refractivity contribution in [1.82, 2.24) is 0 Å². The van der Waals surface area contributed by atoms with Gasteiger partial charge in [0.05, 0.1) is 0 Å². The molecule has 0 saturated heterocycles. The van der Waals surface area contributed by atoms with Crippen LogP contribution in [0.1, 0.15) is 41.7 Å². The van der Waals surface area contributed by atoms with Crippen LogP contribution in [0.25, 0.3) is 34.4 Å². The summed E-state index contributed by atoms with van der Waals surface area (Å²) in [6, 6.07) is 72.2. The lowest BCUT2D eigenvalue weighted by Gasteiger charge is -2.28. The molecule has 0 N–H and O–H groups in total. The van der Waals surface area contributed by atoms with E-state index in [9.17, 15) is 0 Å². The van der Waals surface area contributed by atoms with Crippen LogP contribution in [0.5, 0.6) is 0 Å². The summed E-state index contributed by atoms with van der Waals surface area (Å²) in [4.78, 5) is 4.67. The van der Waals surface area contributed by atoms with Crippen molar-refractivity contribution < 1.29 is 0 Å². The molecular formula is C54H44N2. The van der Waals surface area contributed by atoms with Gasteiger partial charge < -0.3 is 9.80 Å². The third-order valence-electron chi connectivity index (χ3n) is 11.1. The van der Waals surface area contributed by atoms with E-state index in [0.717, 1.165) is 39.7 Å². The van der Waals surface area contributed by atoms with E-state index >= 15 is 0 Å². The van der Waals surface area contributed by atoms with E-state index in [2.05, 4.69) is 243 Å². The molecule has 1 aliphatic carbocycles. The predicted octanol–water partition coefficient (Wildman–Crippen LogP) is 15.1. The van der Waals surface area contributed by atoms with E-state index in [-0.39, 0.29) is 5.41 Å². The molecule has 270 valence electrons. The quantitative estimate of drug-likeness (QED) is 0.137. The molecule has 2 nitrogen and oxygen atoms in total. The molecule has 2 heteroatoms. The predicted molar refractivity (Wildman–Crippen MR) is 239 cm³/mol. The van der Waals surface area contributed by atoms with Gasteiger partial charge in [0, 0.05) is 39.5 Å². The summed E-state index contributed by atoms with van der Waals surface area (Å²) < 4.78 is 0. The first-order chi connectivity index (χ1) is 27.4. The average molecular weight is 721 g/mol. The van der Waals surface area contributed by atoms with Crippen LogP contribution in [-0.4, -0.2) is 0 Å². The third-order valence-corrected chi connectivity index (χ3v) is 11.1. The topological polar surface area (TPSA) is 6.48 Å². The molecule has 9 rings (SSSR count). The van der Waals surface area contributed by atoms with Crippen molar-refractivity contribution in [2.75, 3.05) is 9.80 Å². The van der Waals surface area contributed by atoms with Gasteiger partial charge in [-0.05, 0) is 124 Å². The second-order valence-corrected chi connectivity index (χ2v) is 15.2. The van der Waals surface area contributed by atoms with Crippen molar-refractivity contribution >= 4 is 46.3 Å². The smallest absolute Gasteiger partial charge is 0.0465 e. The number of fused-ring (bicyclic) bond motifs is 3. The maximum atomic E-state index is 2.39. The van der Waals surface area contributed by atoms with E-state index in [1.165, 1.54) is 44.5 Å². The van der Waals surface area contributed by atoms with Crippen LogP contribution in [0.15, 0.2) is 200 Å². The zero-order chi connectivity index (χ0) is 38.1. The van der Waals surface area contributed by atoms with Crippen LogP contribution in [-0.2, 0) is 5.41 Å².